The minimum absolute atomic E-state index is 0.0208. The SMILES string of the molecule is O=C(c1coc2ccccc12)N(Cc1ccccn1)C1CCCNCC1. The molecule has 0 aliphatic carbocycles. The first-order valence-corrected chi connectivity index (χ1v) is 9.21. The standard InChI is InChI=1S/C21H23N3O2/c25-21(19-15-26-20-9-2-1-8-18(19)20)24(14-16-6-3-4-12-23-16)17-7-5-11-22-13-10-17/h1-4,6,8-9,12,15,17,22H,5,7,10-11,13-14H2. The molecule has 1 amide bonds. The van der Waals surface area contributed by atoms with E-state index in [0.29, 0.717) is 12.1 Å². The Kier molecular flexibility index (Phi) is 4.97. The highest BCUT2D eigenvalue weighted by Gasteiger charge is 2.28. The van der Waals surface area contributed by atoms with Gasteiger partial charge in [-0.05, 0) is 50.6 Å². The van der Waals surface area contributed by atoms with Crippen molar-refractivity contribution in [2.75, 3.05) is 13.1 Å². The molecule has 1 fully saturated rings. The van der Waals surface area contributed by atoms with Gasteiger partial charge in [0, 0.05) is 17.6 Å². The fraction of sp³-hybridized carbons (Fsp3) is 0.333. The summed E-state index contributed by atoms with van der Waals surface area (Å²) in [5, 5.41) is 4.30. The van der Waals surface area contributed by atoms with Crippen LogP contribution in [0.4, 0.5) is 0 Å². The molecule has 1 aromatic carbocycles. The highest BCUT2D eigenvalue weighted by molar-refractivity contribution is 6.06. The minimum Gasteiger partial charge on any atom is -0.463 e. The minimum atomic E-state index is 0.0208. The molecule has 0 spiro atoms. The van der Waals surface area contributed by atoms with Crippen LogP contribution in [0.15, 0.2) is 59.3 Å². The molecule has 0 radical (unpaired) electrons. The largest absolute Gasteiger partial charge is 0.463 e. The number of pyridine rings is 1. The van der Waals surface area contributed by atoms with Gasteiger partial charge in [0.1, 0.15) is 11.8 Å². The number of hydrogen-bond acceptors (Lipinski definition) is 4. The fourth-order valence-corrected chi connectivity index (χ4v) is 3.64. The predicted molar refractivity (Wildman–Crippen MR) is 101 cm³/mol. The zero-order valence-electron chi connectivity index (χ0n) is 14.7. The lowest BCUT2D eigenvalue weighted by molar-refractivity contribution is 0.0643. The number of para-hydroxylation sites is 1. The number of nitrogens with zero attached hydrogens (tertiary/aromatic N) is 2. The lowest BCUT2D eigenvalue weighted by Crippen LogP contribution is -2.40. The fourth-order valence-electron chi connectivity index (χ4n) is 3.64. The van der Waals surface area contributed by atoms with Crippen LogP contribution in [0.3, 0.4) is 0 Å². The van der Waals surface area contributed by atoms with Gasteiger partial charge >= 0.3 is 0 Å². The van der Waals surface area contributed by atoms with Crippen molar-refractivity contribution < 1.29 is 9.21 Å². The Bertz CT molecular complexity index is 867. The average molecular weight is 349 g/mol. The number of nitrogens with one attached hydrogen (secondary N) is 1. The van der Waals surface area contributed by atoms with Crippen LogP contribution < -0.4 is 5.32 Å². The van der Waals surface area contributed by atoms with Crippen LogP contribution in [-0.4, -0.2) is 34.9 Å². The van der Waals surface area contributed by atoms with Gasteiger partial charge in [-0.2, -0.15) is 0 Å². The number of aromatic nitrogens is 1. The van der Waals surface area contributed by atoms with Crippen LogP contribution in [0, 0.1) is 0 Å². The van der Waals surface area contributed by atoms with Crippen molar-refractivity contribution in [1.29, 1.82) is 0 Å². The highest BCUT2D eigenvalue weighted by atomic mass is 16.3. The first-order valence-electron chi connectivity index (χ1n) is 9.21. The molecule has 1 aliphatic rings. The van der Waals surface area contributed by atoms with Crippen molar-refractivity contribution in [2.45, 2.75) is 31.8 Å². The van der Waals surface area contributed by atoms with Gasteiger partial charge in [0.05, 0.1) is 17.8 Å². The topological polar surface area (TPSA) is 58.4 Å². The van der Waals surface area contributed by atoms with E-state index in [2.05, 4.69) is 10.3 Å². The molecule has 5 nitrogen and oxygen atoms in total. The number of fused-ring (bicyclic) bond motifs is 1. The Hall–Kier alpha value is -2.66. The van der Waals surface area contributed by atoms with Crippen LogP contribution in [0.25, 0.3) is 11.0 Å². The molecule has 3 heterocycles. The Labute approximate surface area is 153 Å². The van der Waals surface area contributed by atoms with Gasteiger partial charge in [-0.3, -0.25) is 9.78 Å². The van der Waals surface area contributed by atoms with Crippen molar-refractivity contribution >= 4 is 16.9 Å². The summed E-state index contributed by atoms with van der Waals surface area (Å²) < 4.78 is 5.61. The third-order valence-electron chi connectivity index (χ3n) is 5.02. The molecule has 1 unspecified atom stereocenters. The molecular formula is C21H23N3O2. The lowest BCUT2D eigenvalue weighted by Gasteiger charge is -2.30. The molecule has 5 heteroatoms. The second kappa shape index (κ2) is 7.70. The third-order valence-corrected chi connectivity index (χ3v) is 5.02. The second-order valence-electron chi connectivity index (χ2n) is 6.73. The smallest absolute Gasteiger partial charge is 0.258 e. The van der Waals surface area contributed by atoms with Crippen molar-refractivity contribution in [2.24, 2.45) is 0 Å². The maximum absolute atomic E-state index is 13.5. The third kappa shape index (κ3) is 3.48. The molecule has 2 aromatic heterocycles. The van der Waals surface area contributed by atoms with Crippen LogP contribution in [0.2, 0.25) is 0 Å². The summed E-state index contributed by atoms with van der Waals surface area (Å²) in [6, 6.07) is 13.7. The summed E-state index contributed by atoms with van der Waals surface area (Å²) in [5.41, 5.74) is 2.29. The number of hydrogen-bond donors (Lipinski definition) is 1. The van der Waals surface area contributed by atoms with E-state index in [1.807, 2.05) is 47.4 Å². The molecule has 26 heavy (non-hydrogen) atoms. The molecule has 0 saturated carbocycles. The molecule has 3 aromatic rings. The molecule has 0 bridgehead atoms. The second-order valence-corrected chi connectivity index (χ2v) is 6.73. The molecule has 1 N–H and O–H groups in total. The summed E-state index contributed by atoms with van der Waals surface area (Å²) in [5.74, 6) is 0.0208. The Morgan fingerprint density at radius 2 is 2.04 bits per heavy atom. The van der Waals surface area contributed by atoms with Gasteiger partial charge in [0.2, 0.25) is 0 Å². The van der Waals surface area contributed by atoms with Crippen molar-refractivity contribution in [1.82, 2.24) is 15.2 Å². The van der Waals surface area contributed by atoms with Crippen LogP contribution in [0.5, 0.6) is 0 Å². The molecule has 1 aliphatic heterocycles. The molecular weight excluding hydrogens is 326 g/mol. The monoisotopic (exact) mass is 349 g/mol. The summed E-state index contributed by atoms with van der Waals surface area (Å²) in [6.45, 7) is 2.46. The van der Waals surface area contributed by atoms with E-state index in [4.69, 9.17) is 4.42 Å². The number of furan rings is 1. The first kappa shape index (κ1) is 16.8. The normalized spacial score (nSPS) is 17.8. The quantitative estimate of drug-likeness (QED) is 0.782. The summed E-state index contributed by atoms with van der Waals surface area (Å²) in [7, 11) is 0. The van der Waals surface area contributed by atoms with E-state index in [1.165, 1.54) is 0 Å². The summed E-state index contributed by atoms with van der Waals surface area (Å²) in [4.78, 5) is 19.9. The number of benzene rings is 1. The zero-order valence-corrected chi connectivity index (χ0v) is 14.7. The van der Waals surface area contributed by atoms with Crippen molar-refractivity contribution in [3.8, 4) is 0 Å². The van der Waals surface area contributed by atoms with Crippen LogP contribution >= 0.6 is 0 Å². The Morgan fingerprint density at radius 1 is 1.15 bits per heavy atom. The van der Waals surface area contributed by atoms with Crippen molar-refractivity contribution in [3.05, 3.63) is 66.2 Å². The van der Waals surface area contributed by atoms with Gasteiger partial charge in [-0.1, -0.05) is 24.3 Å². The van der Waals surface area contributed by atoms with Crippen LogP contribution in [-0.2, 0) is 6.54 Å². The van der Waals surface area contributed by atoms with Gasteiger partial charge in [-0.15, -0.1) is 0 Å². The van der Waals surface area contributed by atoms with Gasteiger partial charge < -0.3 is 14.6 Å². The predicted octanol–water partition coefficient (Wildman–Crippen LogP) is 3.61. The molecule has 1 atom stereocenters. The van der Waals surface area contributed by atoms with E-state index in [0.717, 1.165) is 49.0 Å². The van der Waals surface area contributed by atoms with E-state index in [1.54, 1.807) is 12.5 Å². The Morgan fingerprint density at radius 3 is 2.92 bits per heavy atom. The maximum Gasteiger partial charge on any atom is 0.258 e. The van der Waals surface area contributed by atoms with Gasteiger partial charge in [0.25, 0.3) is 5.91 Å². The number of amides is 1. The number of carbonyl (C=O) groups is 1. The lowest BCUT2D eigenvalue weighted by atomic mass is 10.0. The van der Waals surface area contributed by atoms with Crippen molar-refractivity contribution in [3.63, 3.8) is 0 Å². The molecule has 1 saturated heterocycles. The van der Waals surface area contributed by atoms with Crippen LogP contribution in [0.1, 0.15) is 35.3 Å². The summed E-state index contributed by atoms with van der Waals surface area (Å²) in [6.07, 6.45) is 6.39. The molecule has 4 rings (SSSR count). The maximum atomic E-state index is 13.5. The average Bonchev–Trinajstić information content (AvgIpc) is 2.93. The molecule has 134 valence electrons. The highest BCUT2D eigenvalue weighted by Crippen LogP contribution is 2.25. The number of carbonyl (C=O) groups excluding carboxylic acids is 1. The van der Waals surface area contributed by atoms with Gasteiger partial charge in [-0.25, -0.2) is 0 Å². The van der Waals surface area contributed by atoms with E-state index >= 15 is 0 Å². The zero-order chi connectivity index (χ0) is 17.8. The van der Waals surface area contributed by atoms with E-state index in [-0.39, 0.29) is 11.9 Å². The van der Waals surface area contributed by atoms with E-state index < -0.39 is 0 Å². The summed E-state index contributed by atoms with van der Waals surface area (Å²) >= 11 is 0. The number of rotatable bonds is 4. The first-order chi connectivity index (χ1) is 12.8. The Balaban J connectivity index is 1.67. The van der Waals surface area contributed by atoms with Gasteiger partial charge in [0.15, 0.2) is 0 Å². The van der Waals surface area contributed by atoms with E-state index in [9.17, 15) is 4.79 Å².